The van der Waals surface area contributed by atoms with Crippen molar-refractivity contribution < 1.29 is 0 Å². The van der Waals surface area contributed by atoms with E-state index >= 15 is 0 Å². The Bertz CT molecular complexity index is 164. The average Bonchev–Trinajstić information content (AvgIpc) is 2.70. The Morgan fingerprint density at radius 3 is 2.06 bits per heavy atom. The van der Waals surface area contributed by atoms with Gasteiger partial charge in [0, 0.05) is 6.04 Å². The first-order valence-electron chi connectivity index (χ1n) is 6.32. The number of hydrogen-bond acceptors (Lipinski definition) is 2. The first-order chi connectivity index (χ1) is 6.84. The molecule has 2 rings (SSSR count). The van der Waals surface area contributed by atoms with E-state index in [0.717, 1.165) is 5.92 Å². The molecule has 1 aliphatic heterocycles. The lowest BCUT2D eigenvalue weighted by molar-refractivity contribution is 0.255. The second-order valence-electron chi connectivity index (χ2n) is 5.12. The molecule has 4 heteroatoms. The first-order valence-corrected chi connectivity index (χ1v) is 6.32. The third-order valence-corrected chi connectivity index (χ3v) is 3.94. The fraction of sp³-hybridized carbons (Fsp3) is 1.00. The summed E-state index contributed by atoms with van der Waals surface area (Å²) in [5.41, 5.74) is 5.90. The van der Waals surface area contributed by atoms with Crippen LogP contribution in [0.3, 0.4) is 0 Å². The minimum absolute atomic E-state index is 0. The third-order valence-electron chi connectivity index (χ3n) is 3.94. The highest BCUT2D eigenvalue weighted by atomic mass is 35.5. The zero-order valence-corrected chi connectivity index (χ0v) is 11.7. The lowest BCUT2D eigenvalue weighted by Crippen LogP contribution is -2.29. The molecule has 1 saturated carbocycles. The van der Waals surface area contributed by atoms with E-state index in [1.165, 1.54) is 64.6 Å². The van der Waals surface area contributed by atoms with Crippen LogP contribution in [0.4, 0.5) is 0 Å². The molecule has 0 radical (unpaired) electrons. The van der Waals surface area contributed by atoms with Gasteiger partial charge in [-0.25, -0.2) is 0 Å². The van der Waals surface area contributed by atoms with Crippen molar-refractivity contribution >= 4 is 24.8 Å². The molecule has 0 unspecified atom stereocenters. The molecule has 2 aliphatic rings. The van der Waals surface area contributed by atoms with Gasteiger partial charge < -0.3 is 10.6 Å². The van der Waals surface area contributed by atoms with Crippen molar-refractivity contribution in [1.29, 1.82) is 0 Å². The summed E-state index contributed by atoms with van der Waals surface area (Å²) in [5.74, 6) is 0.982. The Labute approximate surface area is 112 Å². The summed E-state index contributed by atoms with van der Waals surface area (Å²) < 4.78 is 0. The second kappa shape index (κ2) is 8.57. The van der Waals surface area contributed by atoms with Crippen LogP contribution in [0.1, 0.15) is 44.9 Å². The normalized spacial score (nSPS) is 30.6. The van der Waals surface area contributed by atoms with E-state index in [0.29, 0.717) is 6.04 Å². The number of halogens is 2. The highest BCUT2D eigenvalue weighted by Gasteiger charge is 2.19. The molecule has 1 saturated heterocycles. The first kappa shape index (κ1) is 16.5. The maximum atomic E-state index is 5.90. The number of nitrogens with zero attached hydrogens (tertiary/aromatic N) is 1. The molecule has 2 N–H and O–H groups in total. The fourth-order valence-electron chi connectivity index (χ4n) is 2.85. The van der Waals surface area contributed by atoms with Gasteiger partial charge in [-0.05, 0) is 70.5 Å². The van der Waals surface area contributed by atoms with Crippen molar-refractivity contribution in [3.63, 3.8) is 0 Å². The SMILES string of the molecule is Cl.Cl.NC1CCC(CCN2CCCC2)CC1. The van der Waals surface area contributed by atoms with Crippen LogP contribution in [0.25, 0.3) is 0 Å². The molecular weight excluding hydrogens is 243 g/mol. The summed E-state index contributed by atoms with van der Waals surface area (Å²) in [5, 5.41) is 0. The topological polar surface area (TPSA) is 29.3 Å². The van der Waals surface area contributed by atoms with Crippen LogP contribution < -0.4 is 5.73 Å². The molecule has 0 bridgehead atoms. The highest BCUT2D eigenvalue weighted by Crippen LogP contribution is 2.26. The van der Waals surface area contributed by atoms with Crippen LogP contribution in [-0.4, -0.2) is 30.6 Å². The van der Waals surface area contributed by atoms with Crippen molar-refractivity contribution in [3.8, 4) is 0 Å². The lowest BCUT2D eigenvalue weighted by atomic mass is 9.84. The number of likely N-dealkylation sites (tertiary alicyclic amines) is 1. The number of nitrogens with two attached hydrogens (primary N) is 1. The zero-order valence-electron chi connectivity index (χ0n) is 10.1. The summed E-state index contributed by atoms with van der Waals surface area (Å²) in [6, 6.07) is 0.512. The van der Waals surface area contributed by atoms with Crippen LogP contribution in [0.5, 0.6) is 0 Å². The largest absolute Gasteiger partial charge is 0.328 e. The minimum atomic E-state index is 0. The summed E-state index contributed by atoms with van der Waals surface area (Å²) in [7, 11) is 0. The minimum Gasteiger partial charge on any atom is -0.328 e. The molecule has 1 heterocycles. The summed E-state index contributed by atoms with van der Waals surface area (Å²) >= 11 is 0. The molecule has 0 aromatic heterocycles. The monoisotopic (exact) mass is 268 g/mol. The summed E-state index contributed by atoms with van der Waals surface area (Å²) in [4.78, 5) is 2.63. The molecule has 2 fully saturated rings. The Kier molecular flexibility index (Phi) is 8.84. The zero-order chi connectivity index (χ0) is 9.80. The molecule has 1 aliphatic carbocycles. The summed E-state index contributed by atoms with van der Waals surface area (Å²) in [6.45, 7) is 4.05. The van der Waals surface area contributed by atoms with Crippen LogP contribution in [0.2, 0.25) is 0 Å². The van der Waals surface area contributed by atoms with E-state index in [-0.39, 0.29) is 24.8 Å². The van der Waals surface area contributed by atoms with Gasteiger partial charge in [-0.2, -0.15) is 0 Å². The predicted octanol–water partition coefficient (Wildman–Crippen LogP) is 2.83. The fourth-order valence-corrected chi connectivity index (χ4v) is 2.85. The van der Waals surface area contributed by atoms with Gasteiger partial charge in [0.2, 0.25) is 0 Å². The Morgan fingerprint density at radius 1 is 0.938 bits per heavy atom. The Morgan fingerprint density at radius 2 is 1.50 bits per heavy atom. The molecule has 0 amide bonds. The van der Waals surface area contributed by atoms with Crippen LogP contribution in [0, 0.1) is 5.92 Å². The van der Waals surface area contributed by atoms with Crippen molar-refractivity contribution in [2.45, 2.75) is 51.0 Å². The van der Waals surface area contributed by atoms with Crippen molar-refractivity contribution in [2.75, 3.05) is 19.6 Å². The molecule has 0 atom stereocenters. The maximum Gasteiger partial charge on any atom is 0.00390 e. The van der Waals surface area contributed by atoms with Gasteiger partial charge in [0.1, 0.15) is 0 Å². The van der Waals surface area contributed by atoms with E-state index in [1.807, 2.05) is 0 Å². The van der Waals surface area contributed by atoms with Gasteiger partial charge in [-0.3, -0.25) is 0 Å². The highest BCUT2D eigenvalue weighted by molar-refractivity contribution is 5.85. The van der Waals surface area contributed by atoms with Gasteiger partial charge in [0.25, 0.3) is 0 Å². The third kappa shape index (κ3) is 5.22. The molecule has 16 heavy (non-hydrogen) atoms. The molecule has 0 aromatic carbocycles. The Hall–Kier alpha value is 0.500. The molecule has 98 valence electrons. The van der Waals surface area contributed by atoms with E-state index in [1.54, 1.807) is 0 Å². The van der Waals surface area contributed by atoms with Gasteiger partial charge in [-0.1, -0.05) is 0 Å². The molecule has 0 aromatic rings. The molecule has 2 nitrogen and oxygen atoms in total. The summed E-state index contributed by atoms with van der Waals surface area (Å²) in [6.07, 6.45) is 9.58. The number of hydrogen-bond donors (Lipinski definition) is 1. The average molecular weight is 269 g/mol. The molecular formula is C12H26Cl2N2. The van der Waals surface area contributed by atoms with Gasteiger partial charge in [0.05, 0.1) is 0 Å². The van der Waals surface area contributed by atoms with Gasteiger partial charge >= 0.3 is 0 Å². The second-order valence-corrected chi connectivity index (χ2v) is 5.12. The van der Waals surface area contributed by atoms with Crippen molar-refractivity contribution in [2.24, 2.45) is 11.7 Å². The van der Waals surface area contributed by atoms with Crippen LogP contribution in [0.15, 0.2) is 0 Å². The Balaban J connectivity index is 0.00000112. The molecule has 0 spiro atoms. The van der Waals surface area contributed by atoms with Crippen molar-refractivity contribution in [1.82, 2.24) is 4.90 Å². The lowest BCUT2D eigenvalue weighted by Gasteiger charge is -2.27. The van der Waals surface area contributed by atoms with Crippen LogP contribution >= 0.6 is 24.8 Å². The van der Waals surface area contributed by atoms with E-state index in [4.69, 9.17) is 5.73 Å². The van der Waals surface area contributed by atoms with E-state index in [9.17, 15) is 0 Å². The van der Waals surface area contributed by atoms with E-state index < -0.39 is 0 Å². The van der Waals surface area contributed by atoms with Crippen LogP contribution in [-0.2, 0) is 0 Å². The van der Waals surface area contributed by atoms with E-state index in [2.05, 4.69) is 4.90 Å². The van der Waals surface area contributed by atoms with Gasteiger partial charge in [0.15, 0.2) is 0 Å². The smallest absolute Gasteiger partial charge is 0.00390 e. The number of rotatable bonds is 3. The standard InChI is InChI=1S/C12H24N2.2ClH/c13-12-5-3-11(4-6-12)7-10-14-8-1-2-9-14;;/h11-12H,1-10,13H2;2*1H. The maximum absolute atomic E-state index is 5.90. The van der Waals surface area contributed by atoms with Crippen molar-refractivity contribution in [3.05, 3.63) is 0 Å². The predicted molar refractivity (Wildman–Crippen MR) is 74.7 cm³/mol. The quantitative estimate of drug-likeness (QED) is 0.853. The van der Waals surface area contributed by atoms with Gasteiger partial charge in [-0.15, -0.1) is 24.8 Å².